The first-order valence-electron chi connectivity index (χ1n) is 22.0. The molecular formula is C60H50N3OPt-. The molecule has 0 aliphatic heterocycles. The average molecular weight is 1020 g/mol. The average Bonchev–Trinajstić information content (AvgIpc) is 3.66. The quantitative estimate of drug-likeness (QED) is 0.162. The molecule has 0 saturated carbocycles. The molecule has 10 aromatic rings. The van der Waals surface area contributed by atoms with Gasteiger partial charge < -0.3 is 9.67 Å². The first-order valence-corrected chi connectivity index (χ1v) is 22.0. The zero-order valence-electron chi connectivity index (χ0n) is 37.5. The predicted octanol–water partition coefficient (Wildman–Crippen LogP) is 15.7. The molecule has 0 radical (unpaired) electrons. The van der Waals surface area contributed by atoms with Gasteiger partial charge in [0.25, 0.3) is 0 Å². The minimum Gasteiger partial charge on any atom is -0.507 e. The van der Waals surface area contributed by atoms with E-state index < -0.39 is 0 Å². The van der Waals surface area contributed by atoms with Crippen LogP contribution in [0.1, 0.15) is 52.7 Å². The van der Waals surface area contributed by atoms with Crippen molar-refractivity contribution in [2.75, 3.05) is 0 Å². The van der Waals surface area contributed by atoms with Gasteiger partial charge in [0.2, 0.25) is 0 Å². The number of hydrogen-bond donors (Lipinski definition) is 1. The van der Waals surface area contributed by atoms with Crippen molar-refractivity contribution in [3.63, 3.8) is 0 Å². The second kappa shape index (κ2) is 17.3. The van der Waals surface area contributed by atoms with E-state index in [9.17, 15) is 5.11 Å². The summed E-state index contributed by atoms with van der Waals surface area (Å²) in [6, 6.07) is 67.4. The van der Waals surface area contributed by atoms with Gasteiger partial charge in [-0.15, -0.1) is 18.2 Å². The Labute approximate surface area is 396 Å². The molecule has 10 rings (SSSR count). The Morgan fingerprint density at radius 1 is 0.462 bits per heavy atom. The maximum absolute atomic E-state index is 11.2. The summed E-state index contributed by atoms with van der Waals surface area (Å²) in [7, 11) is 0. The number of nitrogens with zero attached hydrogens (tertiary/aromatic N) is 3. The van der Waals surface area contributed by atoms with Gasteiger partial charge in [0.05, 0.1) is 16.7 Å². The molecular weight excluding hydrogens is 974 g/mol. The summed E-state index contributed by atoms with van der Waals surface area (Å²) < 4.78 is 2.38. The van der Waals surface area contributed by atoms with Crippen molar-refractivity contribution >= 4 is 21.8 Å². The maximum atomic E-state index is 11.2. The van der Waals surface area contributed by atoms with Crippen molar-refractivity contribution in [1.29, 1.82) is 0 Å². The molecule has 0 aliphatic carbocycles. The number of benzene rings is 7. The van der Waals surface area contributed by atoms with Gasteiger partial charge in [-0.05, 0) is 86.7 Å². The topological polar surface area (TPSA) is 50.9 Å². The third-order valence-electron chi connectivity index (χ3n) is 12.3. The van der Waals surface area contributed by atoms with E-state index in [4.69, 9.17) is 9.97 Å². The van der Waals surface area contributed by atoms with E-state index in [1.807, 2.05) is 30.5 Å². The SMILES string of the molecule is CC(C)(C)c1cc(-c2cc(-c3[c-]c(-c4cc(-c5cccc6c7ccccc7n(-c7ccccc7)c56)ccn4)cc(-c4ccccc4)c3)nc(-c3ccccc3O)c2)cc(C(C)(C)C)c1.[Pt]. The number of phenolic OH excluding ortho intramolecular Hbond substituents is 1. The Balaban J connectivity index is 0.00000533. The molecule has 0 fully saturated rings. The zero-order valence-corrected chi connectivity index (χ0v) is 39.8. The van der Waals surface area contributed by atoms with E-state index >= 15 is 0 Å². The van der Waals surface area contributed by atoms with Crippen molar-refractivity contribution in [1.82, 2.24) is 14.5 Å². The van der Waals surface area contributed by atoms with Gasteiger partial charge in [0.15, 0.2) is 0 Å². The fraction of sp³-hybridized carbons (Fsp3) is 0.133. The van der Waals surface area contributed by atoms with E-state index in [0.717, 1.165) is 72.6 Å². The number of aromatic hydroxyl groups is 1. The number of pyridine rings is 2. The Morgan fingerprint density at radius 3 is 1.72 bits per heavy atom. The van der Waals surface area contributed by atoms with Crippen LogP contribution in [0.4, 0.5) is 0 Å². The normalized spacial score (nSPS) is 11.8. The smallest absolute Gasteiger partial charge is 0.124 e. The van der Waals surface area contributed by atoms with Gasteiger partial charge in [-0.3, -0.25) is 9.97 Å². The Kier molecular flexibility index (Phi) is 11.5. The number of rotatable bonds is 7. The molecule has 0 amide bonds. The molecule has 322 valence electrons. The second-order valence-corrected chi connectivity index (χ2v) is 18.8. The largest absolute Gasteiger partial charge is 0.507 e. The number of phenols is 1. The summed E-state index contributed by atoms with van der Waals surface area (Å²) in [6.07, 6.45) is 1.91. The number of aromatic nitrogens is 3. The van der Waals surface area contributed by atoms with Crippen LogP contribution in [0.5, 0.6) is 5.75 Å². The molecule has 0 spiro atoms. The standard InChI is InChI=1S/C60H50N3O.Pt/c1-59(2,3)46-33-42(34-47(38-46)60(4,5)6)43-36-54(62-55(37-43)52-23-14-16-27-57(52)64)45-31-41(39-18-9-7-10-19-39)30-44(32-45)53-35-40(28-29-61-53)49-24-17-25-51-50-22-13-15-26-56(50)63(58(49)51)48-20-11-8-12-21-48;/h7-31,33-38,64H,1-6H3;/q-1;. The molecule has 65 heavy (non-hydrogen) atoms. The van der Waals surface area contributed by atoms with E-state index in [0.29, 0.717) is 11.3 Å². The van der Waals surface area contributed by atoms with E-state index in [2.05, 4.69) is 204 Å². The second-order valence-electron chi connectivity index (χ2n) is 18.8. The summed E-state index contributed by atoms with van der Waals surface area (Å²) in [5.74, 6) is 0.182. The minimum atomic E-state index is -0.0652. The van der Waals surface area contributed by atoms with E-state index in [-0.39, 0.29) is 37.6 Å². The van der Waals surface area contributed by atoms with Crippen LogP contribution >= 0.6 is 0 Å². The summed E-state index contributed by atoms with van der Waals surface area (Å²) in [6.45, 7) is 13.6. The van der Waals surface area contributed by atoms with E-state index in [1.165, 1.54) is 21.9 Å². The molecule has 4 nitrogen and oxygen atoms in total. The van der Waals surface area contributed by atoms with Crippen LogP contribution in [-0.2, 0) is 31.9 Å². The molecule has 0 unspecified atom stereocenters. The molecule has 0 bridgehead atoms. The summed E-state index contributed by atoms with van der Waals surface area (Å²) in [5.41, 5.74) is 16.8. The number of fused-ring (bicyclic) bond motifs is 3. The van der Waals surface area contributed by atoms with Crippen LogP contribution in [-0.4, -0.2) is 19.6 Å². The van der Waals surface area contributed by atoms with Gasteiger partial charge in [-0.2, -0.15) is 0 Å². The molecule has 7 aromatic carbocycles. The van der Waals surface area contributed by atoms with Gasteiger partial charge in [0, 0.05) is 66.2 Å². The third-order valence-corrected chi connectivity index (χ3v) is 12.3. The van der Waals surface area contributed by atoms with Crippen LogP contribution < -0.4 is 0 Å². The van der Waals surface area contributed by atoms with Crippen molar-refractivity contribution in [3.05, 3.63) is 205 Å². The Bertz CT molecular complexity index is 3320. The Hall–Kier alpha value is -6.87. The monoisotopic (exact) mass is 1020 g/mol. The van der Waals surface area contributed by atoms with Gasteiger partial charge in [-0.25, -0.2) is 0 Å². The van der Waals surface area contributed by atoms with Crippen LogP contribution in [0.3, 0.4) is 0 Å². The molecule has 3 aromatic heterocycles. The zero-order chi connectivity index (χ0) is 44.2. The fourth-order valence-electron chi connectivity index (χ4n) is 8.81. The van der Waals surface area contributed by atoms with E-state index in [1.54, 1.807) is 6.07 Å². The molecule has 0 saturated heterocycles. The molecule has 5 heteroatoms. The van der Waals surface area contributed by atoms with Gasteiger partial charge in [0.1, 0.15) is 5.75 Å². The predicted molar refractivity (Wildman–Crippen MR) is 267 cm³/mol. The van der Waals surface area contributed by atoms with Gasteiger partial charge >= 0.3 is 0 Å². The maximum Gasteiger partial charge on any atom is 0.124 e. The molecule has 1 N–H and O–H groups in total. The summed E-state index contributed by atoms with van der Waals surface area (Å²) in [5, 5.41) is 13.6. The summed E-state index contributed by atoms with van der Waals surface area (Å²) >= 11 is 0. The summed E-state index contributed by atoms with van der Waals surface area (Å²) in [4.78, 5) is 10.3. The molecule has 0 aliphatic rings. The van der Waals surface area contributed by atoms with Crippen LogP contribution in [0, 0.1) is 6.07 Å². The number of hydrogen-bond acceptors (Lipinski definition) is 3. The van der Waals surface area contributed by atoms with Crippen molar-refractivity contribution in [3.8, 4) is 78.6 Å². The van der Waals surface area contributed by atoms with Crippen molar-refractivity contribution < 1.29 is 26.2 Å². The number of para-hydroxylation sites is 4. The minimum absolute atomic E-state index is 0. The van der Waals surface area contributed by atoms with Crippen molar-refractivity contribution in [2.45, 2.75) is 52.4 Å². The van der Waals surface area contributed by atoms with Crippen molar-refractivity contribution in [2.24, 2.45) is 0 Å². The third kappa shape index (κ3) is 8.48. The first-order chi connectivity index (χ1) is 30.9. The van der Waals surface area contributed by atoms with Crippen LogP contribution in [0.15, 0.2) is 188 Å². The first kappa shape index (κ1) is 43.4. The van der Waals surface area contributed by atoms with Crippen LogP contribution in [0.2, 0.25) is 0 Å². The fourth-order valence-corrected chi connectivity index (χ4v) is 8.81. The van der Waals surface area contributed by atoms with Crippen LogP contribution in [0.25, 0.3) is 94.6 Å². The Morgan fingerprint density at radius 2 is 1.02 bits per heavy atom. The molecule has 0 atom stereocenters. The van der Waals surface area contributed by atoms with Gasteiger partial charge in [-0.1, -0.05) is 186 Å². The molecule has 3 heterocycles.